The predicted molar refractivity (Wildman–Crippen MR) is 119 cm³/mol. The van der Waals surface area contributed by atoms with Gasteiger partial charge in [0.1, 0.15) is 5.82 Å². The molecule has 0 saturated heterocycles. The molecular formula is C22H23BrFN3O2S. The van der Waals surface area contributed by atoms with Crippen LogP contribution in [0.3, 0.4) is 0 Å². The molecule has 4 aliphatic rings. The molecule has 4 fully saturated rings. The number of carbonyl (C=O) groups is 2. The van der Waals surface area contributed by atoms with Gasteiger partial charge in [0.05, 0.1) is 11.1 Å². The Morgan fingerprint density at radius 1 is 1.20 bits per heavy atom. The number of alkyl halides is 1. The van der Waals surface area contributed by atoms with Crippen molar-refractivity contribution in [2.75, 3.05) is 10.6 Å². The Morgan fingerprint density at radius 3 is 2.57 bits per heavy atom. The van der Waals surface area contributed by atoms with Crippen molar-refractivity contribution < 1.29 is 14.0 Å². The average molecular weight is 492 g/mol. The Morgan fingerprint density at radius 2 is 1.93 bits per heavy atom. The Balaban J connectivity index is 1.33. The first kappa shape index (κ1) is 20.1. The zero-order chi connectivity index (χ0) is 21.1. The van der Waals surface area contributed by atoms with Crippen LogP contribution in [0.2, 0.25) is 0 Å². The van der Waals surface area contributed by atoms with Crippen molar-refractivity contribution in [3.63, 3.8) is 0 Å². The highest BCUT2D eigenvalue weighted by molar-refractivity contribution is 9.10. The molecule has 0 aliphatic heterocycles. The van der Waals surface area contributed by atoms with E-state index >= 15 is 0 Å². The lowest BCUT2D eigenvalue weighted by Gasteiger charge is -2.59. The number of thiazole rings is 1. The van der Waals surface area contributed by atoms with Crippen LogP contribution in [0.25, 0.3) is 11.3 Å². The Labute approximate surface area is 187 Å². The summed E-state index contributed by atoms with van der Waals surface area (Å²) in [5.74, 6) is 0.587. The summed E-state index contributed by atoms with van der Waals surface area (Å²) in [5, 5.41) is 7.84. The SMILES string of the molecule is CC(=O)Nc1ccc(-c2csc(NC(=O)C34CC5CC(CC(Br)(C5)C3)C4)n2)c(F)c1. The summed E-state index contributed by atoms with van der Waals surface area (Å²) < 4.78 is 14.6. The zero-order valence-corrected chi connectivity index (χ0v) is 19.0. The number of hydrogen-bond donors (Lipinski definition) is 2. The Kier molecular flexibility index (Phi) is 4.78. The van der Waals surface area contributed by atoms with E-state index in [1.54, 1.807) is 17.5 Å². The molecule has 2 aromatic rings. The predicted octanol–water partition coefficient (Wildman–Crippen LogP) is 5.58. The summed E-state index contributed by atoms with van der Waals surface area (Å²) >= 11 is 5.26. The summed E-state index contributed by atoms with van der Waals surface area (Å²) in [6.07, 6.45) is 6.40. The topological polar surface area (TPSA) is 71.1 Å². The first-order valence-corrected chi connectivity index (χ1v) is 11.9. The fraction of sp³-hybridized carbons (Fsp3) is 0.500. The van der Waals surface area contributed by atoms with Gasteiger partial charge in [-0.1, -0.05) is 15.9 Å². The van der Waals surface area contributed by atoms with Gasteiger partial charge in [0.2, 0.25) is 11.8 Å². The number of nitrogens with one attached hydrogen (secondary N) is 2. The van der Waals surface area contributed by atoms with E-state index < -0.39 is 5.82 Å². The van der Waals surface area contributed by atoms with Crippen LogP contribution in [-0.2, 0) is 9.59 Å². The van der Waals surface area contributed by atoms with Gasteiger partial charge in [-0.2, -0.15) is 0 Å². The standard InChI is InChI=1S/C22H23BrFN3O2S/c1-12(28)25-15-2-3-16(17(24)5-15)18-10-30-20(26-18)27-19(29)21-6-13-4-14(7-21)9-22(23,8-13)11-21/h2-3,5,10,13-14H,4,6-9,11H2,1H3,(H,25,28)(H,26,27,29). The lowest BCUT2D eigenvalue weighted by atomic mass is 9.49. The molecule has 4 saturated carbocycles. The van der Waals surface area contributed by atoms with E-state index in [2.05, 4.69) is 31.5 Å². The molecule has 2 N–H and O–H groups in total. The molecule has 0 radical (unpaired) electrons. The number of benzene rings is 1. The summed E-state index contributed by atoms with van der Waals surface area (Å²) in [5.41, 5.74) is 0.905. The van der Waals surface area contributed by atoms with Crippen LogP contribution in [0.15, 0.2) is 23.6 Å². The fourth-order valence-electron chi connectivity index (χ4n) is 6.10. The lowest BCUT2D eigenvalue weighted by molar-refractivity contribution is -0.138. The lowest BCUT2D eigenvalue weighted by Crippen LogP contribution is -2.57. The maximum atomic E-state index is 14.5. The van der Waals surface area contributed by atoms with Crippen LogP contribution >= 0.6 is 27.3 Å². The van der Waals surface area contributed by atoms with Gasteiger partial charge in [-0.05, 0) is 68.6 Å². The highest BCUT2D eigenvalue weighted by atomic mass is 79.9. The van der Waals surface area contributed by atoms with Crippen LogP contribution in [0, 0.1) is 23.1 Å². The number of aromatic nitrogens is 1. The van der Waals surface area contributed by atoms with E-state index in [1.165, 1.54) is 43.6 Å². The van der Waals surface area contributed by atoms with Crippen molar-refractivity contribution in [1.29, 1.82) is 0 Å². The van der Waals surface area contributed by atoms with Crippen molar-refractivity contribution in [3.05, 3.63) is 29.4 Å². The maximum absolute atomic E-state index is 14.5. The highest BCUT2D eigenvalue weighted by Gasteiger charge is 2.59. The molecule has 1 aromatic carbocycles. The second-order valence-corrected chi connectivity index (χ2v) is 11.8. The minimum absolute atomic E-state index is 0.0582. The summed E-state index contributed by atoms with van der Waals surface area (Å²) in [6, 6.07) is 4.51. The van der Waals surface area contributed by atoms with Gasteiger partial charge in [0.15, 0.2) is 5.13 Å². The third-order valence-electron chi connectivity index (χ3n) is 6.76. The van der Waals surface area contributed by atoms with Crippen molar-refractivity contribution in [2.24, 2.45) is 17.3 Å². The maximum Gasteiger partial charge on any atom is 0.232 e. The molecule has 1 aromatic heterocycles. The number of carbonyl (C=O) groups excluding carboxylic acids is 2. The number of rotatable bonds is 4. The summed E-state index contributed by atoms with van der Waals surface area (Å²) in [7, 11) is 0. The molecule has 4 aliphatic carbocycles. The largest absolute Gasteiger partial charge is 0.326 e. The smallest absolute Gasteiger partial charge is 0.232 e. The fourth-order valence-corrected chi connectivity index (χ4v) is 8.26. The van der Waals surface area contributed by atoms with Crippen molar-refractivity contribution in [1.82, 2.24) is 4.98 Å². The van der Waals surface area contributed by atoms with E-state index in [0.29, 0.717) is 33.9 Å². The number of amides is 2. The first-order chi connectivity index (χ1) is 14.2. The Hall–Kier alpha value is -1.80. The first-order valence-electron chi connectivity index (χ1n) is 10.3. The molecule has 1 heterocycles. The van der Waals surface area contributed by atoms with Gasteiger partial charge in [-0.3, -0.25) is 9.59 Å². The summed E-state index contributed by atoms with van der Waals surface area (Å²) in [6.45, 7) is 1.38. The molecule has 5 nitrogen and oxygen atoms in total. The molecule has 158 valence electrons. The molecule has 6 rings (SSSR count). The quantitative estimate of drug-likeness (QED) is 0.548. The third kappa shape index (κ3) is 3.58. The number of anilines is 2. The average Bonchev–Trinajstić information content (AvgIpc) is 3.07. The van der Waals surface area contributed by atoms with Gasteiger partial charge in [0, 0.05) is 27.9 Å². The van der Waals surface area contributed by atoms with Crippen LogP contribution in [0.1, 0.15) is 45.4 Å². The number of halogens is 2. The normalized spacial score (nSPS) is 31.6. The van der Waals surface area contributed by atoms with Crippen LogP contribution in [0.5, 0.6) is 0 Å². The second kappa shape index (κ2) is 7.12. The minimum Gasteiger partial charge on any atom is -0.326 e. The van der Waals surface area contributed by atoms with Crippen molar-refractivity contribution in [3.8, 4) is 11.3 Å². The second-order valence-electron chi connectivity index (χ2n) is 9.26. The summed E-state index contributed by atoms with van der Waals surface area (Å²) in [4.78, 5) is 28.9. The van der Waals surface area contributed by atoms with Crippen molar-refractivity contribution >= 4 is 49.9 Å². The zero-order valence-electron chi connectivity index (χ0n) is 16.6. The third-order valence-corrected chi connectivity index (χ3v) is 8.45. The van der Waals surface area contributed by atoms with Gasteiger partial charge in [-0.25, -0.2) is 9.37 Å². The van der Waals surface area contributed by atoms with Crippen LogP contribution in [-0.4, -0.2) is 21.1 Å². The molecule has 0 spiro atoms. The highest BCUT2D eigenvalue weighted by Crippen LogP contribution is 2.64. The Bertz CT molecular complexity index is 1030. The molecular weight excluding hydrogens is 469 g/mol. The molecule has 8 heteroatoms. The number of hydrogen-bond acceptors (Lipinski definition) is 4. The van der Waals surface area contributed by atoms with Gasteiger partial charge in [-0.15, -0.1) is 11.3 Å². The number of nitrogens with zero attached hydrogens (tertiary/aromatic N) is 1. The van der Waals surface area contributed by atoms with Gasteiger partial charge >= 0.3 is 0 Å². The van der Waals surface area contributed by atoms with E-state index in [1.807, 2.05) is 0 Å². The molecule has 2 atom stereocenters. The van der Waals surface area contributed by atoms with Crippen LogP contribution in [0.4, 0.5) is 15.2 Å². The van der Waals surface area contributed by atoms with E-state index in [9.17, 15) is 14.0 Å². The molecule has 30 heavy (non-hydrogen) atoms. The molecule has 2 amide bonds. The van der Waals surface area contributed by atoms with E-state index in [0.717, 1.165) is 19.3 Å². The minimum atomic E-state index is -0.466. The molecule has 2 unspecified atom stereocenters. The van der Waals surface area contributed by atoms with E-state index in [-0.39, 0.29) is 21.6 Å². The van der Waals surface area contributed by atoms with Gasteiger partial charge < -0.3 is 10.6 Å². The van der Waals surface area contributed by atoms with Crippen LogP contribution < -0.4 is 10.6 Å². The monoisotopic (exact) mass is 491 g/mol. The van der Waals surface area contributed by atoms with E-state index in [4.69, 9.17) is 0 Å². The van der Waals surface area contributed by atoms with Gasteiger partial charge in [0.25, 0.3) is 0 Å². The molecule has 4 bridgehead atoms. The van der Waals surface area contributed by atoms with Crippen molar-refractivity contribution in [2.45, 2.75) is 49.8 Å².